The molecule has 2 atom stereocenters. The largest absolute Gasteiger partial charge is 0.463 e. The molecule has 0 aromatic carbocycles. The fourth-order valence-corrected chi connectivity index (χ4v) is 3.22. The second-order valence-electron chi connectivity index (χ2n) is 8.92. The van der Waals surface area contributed by atoms with Crippen molar-refractivity contribution in [2.45, 2.75) is 92.0 Å². The third-order valence-corrected chi connectivity index (χ3v) is 5.92. The Morgan fingerprint density at radius 2 is 1.58 bits per heavy atom. The summed E-state index contributed by atoms with van der Waals surface area (Å²) in [4.78, 5) is 25.8. The number of carbonyl (C=O) groups excluding carboxylic acids is 2. The molecule has 2 unspecified atom stereocenters. The molecule has 0 spiro atoms. The van der Waals surface area contributed by atoms with Gasteiger partial charge in [0.25, 0.3) is 0 Å². The van der Waals surface area contributed by atoms with Crippen LogP contribution in [0.5, 0.6) is 0 Å². The Hall–Kier alpha value is -0.980. The maximum absolute atomic E-state index is 12.5. The van der Waals surface area contributed by atoms with E-state index in [0.29, 0.717) is 44.8 Å². The molecule has 6 nitrogen and oxygen atoms in total. The number of Topliss-reactive ketones (excluding diaryl/α,β-unsaturated/α-hetero) is 1. The zero-order valence-corrected chi connectivity index (χ0v) is 21.1. The Bertz CT molecular complexity index is 455. The van der Waals surface area contributed by atoms with Crippen LogP contribution in [0.25, 0.3) is 0 Å². The molecule has 0 saturated heterocycles. The van der Waals surface area contributed by atoms with E-state index in [9.17, 15) is 9.59 Å². The highest BCUT2D eigenvalue weighted by Crippen LogP contribution is 2.19. The van der Waals surface area contributed by atoms with Gasteiger partial charge < -0.3 is 19.1 Å². The Morgan fingerprint density at radius 3 is 2.23 bits per heavy atom. The van der Waals surface area contributed by atoms with Gasteiger partial charge in [0.1, 0.15) is 13.2 Å². The summed E-state index contributed by atoms with van der Waals surface area (Å²) in [5.41, 5.74) is 0. The van der Waals surface area contributed by atoms with Crippen LogP contribution in [0.2, 0.25) is 0 Å². The summed E-state index contributed by atoms with van der Waals surface area (Å²) in [6.07, 6.45) is 7.49. The molecule has 0 saturated carbocycles. The van der Waals surface area contributed by atoms with Crippen LogP contribution in [0.4, 0.5) is 0 Å². The first-order valence-corrected chi connectivity index (χ1v) is 12.4. The summed E-state index contributed by atoms with van der Waals surface area (Å²) in [7, 11) is 2.16. The number of ether oxygens (including phenoxy) is 3. The summed E-state index contributed by atoms with van der Waals surface area (Å²) in [6, 6.07) is 0.590. The molecule has 6 heteroatoms. The number of unbranched alkanes of at least 4 members (excludes halogenated alkanes) is 2. The quantitative estimate of drug-likeness (QED) is 0.186. The van der Waals surface area contributed by atoms with Gasteiger partial charge in [0.2, 0.25) is 0 Å². The number of hydrogen-bond donors (Lipinski definition) is 0. The molecule has 0 amide bonds. The highest BCUT2D eigenvalue weighted by Gasteiger charge is 2.17. The predicted molar refractivity (Wildman–Crippen MR) is 126 cm³/mol. The van der Waals surface area contributed by atoms with Crippen LogP contribution in [0.3, 0.4) is 0 Å². The Labute approximate surface area is 191 Å². The molecule has 0 fully saturated rings. The van der Waals surface area contributed by atoms with E-state index in [2.05, 4.69) is 39.6 Å². The molecule has 0 heterocycles. The monoisotopic (exact) mass is 443 g/mol. The van der Waals surface area contributed by atoms with E-state index >= 15 is 0 Å². The van der Waals surface area contributed by atoms with Crippen LogP contribution in [0.15, 0.2) is 0 Å². The maximum Gasteiger partial charge on any atom is 0.305 e. The first-order chi connectivity index (χ1) is 14.8. The van der Waals surface area contributed by atoms with Gasteiger partial charge in [-0.25, -0.2) is 0 Å². The van der Waals surface area contributed by atoms with E-state index in [1.165, 1.54) is 6.42 Å². The van der Waals surface area contributed by atoms with Gasteiger partial charge in [0, 0.05) is 31.6 Å². The minimum absolute atomic E-state index is 0.0940. The molecule has 0 rings (SSSR count). The predicted octanol–water partition coefficient (Wildman–Crippen LogP) is 4.89. The Kier molecular flexibility index (Phi) is 19.1. The van der Waals surface area contributed by atoms with Crippen molar-refractivity contribution in [3.63, 3.8) is 0 Å². The molecule has 31 heavy (non-hydrogen) atoms. The number of carbonyl (C=O) groups is 2. The van der Waals surface area contributed by atoms with E-state index in [4.69, 9.17) is 14.2 Å². The van der Waals surface area contributed by atoms with Crippen molar-refractivity contribution in [2.24, 2.45) is 11.8 Å². The minimum atomic E-state index is -0.189. The zero-order valence-electron chi connectivity index (χ0n) is 21.1. The van der Waals surface area contributed by atoms with E-state index < -0.39 is 0 Å². The molecule has 0 aliphatic rings. The van der Waals surface area contributed by atoms with Crippen LogP contribution in [0, 0.1) is 11.8 Å². The second kappa shape index (κ2) is 19.7. The fraction of sp³-hybridized carbons (Fsp3) is 0.920. The Balaban J connectivity index is 3.76. The number of hydrogen-bond acceptors (Lipinski definition) is 6. The van der Waals surface area contributed by atoms with Crippen molar-refractivity contribution in [3.05, 3.63) is 0 Å². The topological polar surface area (TPSA) is 65.1 Å². The molecule has 0 aliphatic carbocycles. The lowest BCUT2D eigenvalue weighted by molar-refractivity contribution is -0.144. The molecule has 0 aromatic rings. The van der Waals surface area contributed by atoms with Gasteiger partial charge in [-0.2, -0.15) is 0 Å². The number of ketones is 1. The van der Waals surface area contributed by atoms with Crippen molar-refractivity contribution in [1.29, 1.82) is 0 Å². The van der Waals surface area contributed by atoms with E-state index in [1.54, 1.807) is 6.92 Å². The lowest BCUT2D eigenvalue weighted by atomic mass is 9.91. The summed E-state index contributed by atoms with van der Waals surface area (Å²) >= 11 is 0. The van der Waals surface area contributed by atoms with Crippen LogP contribution in [0.1, 0.15) is 86.0 Å². The number of rotatable bonds is 21. The Morgan fingerprint density at radius 1 is 0.839 bits per heavy atom. The SMILES string of the molecule is CCC(=O)OCCOCCC(C)CCC(CC)C(=O)COCCCCCN(C)C(C)C. The van der Waals surface area contributed by atoms with Gasteiger partial charge in [-0.1, -0.05) is 20.8 Å². The summed E-state index contributed by atoms with van der Waals surface area (Å²) in [5, 5.41) is 0. The van der Waals surface area contributed by atoms with Crippen LogP contribution < -0.4 is 0 Å². The smallest absolute Gasteiger partial charge is 0.305 e. The minimum Gasteiger partial charge on any atom is -0.463 e. The average molecular weight is 444 g/mol. The van der Waals surface area contributed by atoms with Crippen LogP contribution in [-0.4, -0.2) is 69.3 Å². The summed E-state index contributed by atoms with van der Waals surface area (Å²) in [6.45, 7) is 13.9. The summed E-state index contributed by atoms with van der Waals surface area (Å²) < 4.78 is 16.2. The maximum atomic E-state index is 12.5. The van der Waals surface area contributed by atoms with Crippen molar-refractivity contribution < 1.29 is 23.8 Å². The van der Waals surface area contributed by atoms with Gasteiger partial charge >= 0.3 is 5.97 Å². The number of nitrogens with zero attached hydrogens (tertiary/aromatic N) is 1. The standard InChI is InChI=1S/C25H49NO5/c1-7-23(13-12-22(5)14-17-29-18-19-31-25(28)8-2)24(27)20-30-16-11-9-10-15-26(6)21(3)4/h21-23H,7-20H2,1-6H3. The second-order valence-corrected chi connectivity index (χ2v) is 8.92. The van der Waals surface area contributed by atoms with Crippen LogP contribution in [-0.2, 0) is 23.8 Å². The van der Waals surface area contributed by atoms with Crippen molar-refractivity contribution >= 4 is 11.8 Å². The van der Waals surface area contributed by atoms with Gasteiger partial charge in [0.05, 0.1) is 6.61 Å². The third-order valence-electron chi connectivity index (χ3n) is 5.92. The third kappa shape index (κ3) is 17.3. The van der Waals surface area contributed by atoms with E-state index in [1.807, 2.05) is 0 Å². The molecule has 0 bridgehead atoms. The number of esters is 1. The van der Waals surface area contributed by atoms with Crippen molar-refractivity contribution in [3.8, 4) is 0 Å². The molecular weight excluding hydrogens is 394 g/mol. The summed E-state index contributed by atoms with van der Waals surface area (Å²) in [5.74, 6) is 0.648. The van der Waals surface area contributed by atoms with Crippen molar-refractivity contribution in [1.82, 2.24) is 4.90 Å². The molecule has 0 aromatic heterocycles. The lowest BCUT2D eigenvalue weighted by Gasteiger charge is -2.20. The average Bonchev–Trinajstić information content (AvgIpc) is 2.75. The van der Waals surface area contributed by atoms with Gasteiger partial charge in [0.15, 0.2) is 5.78 Å². The molecule has 0 N–H and O–H groups in total. The highest BCUT2D eigenvalue weighted by atomic mass is 16.6. The van der Waals surface area contributed by atoms with Gasteiger partial charge in [-0.3, -0.25) is 9.59 Å². The lowest BCUT2D eigenvalue weighted by Crippen LogP contribution is -2.27. The fourth-order valence-electron chi connectivity index (χ4n) is 3.22. The van der Waals surface area contributed by atoms with Crippen LogP contribution >= 0.6 is 0 Å². The highest BCUT2D eigenvalue weighted by molar-refractivity contribution is 5.82. The van der Waals surface area contributed by atoms with Crippen molar-refractivity contribution in [2.75, 3.05) is 46.6 Å². The molecular formula is C25H49NO5. The van der Waals surface area contributed by atoms with E-state index in [-0.39, 0.29) is 24.3 Å². The normalized spacial score (nSPS) is 13.5. The molecule has 0 aliphatic heterocycles. The zero-order chi connectivity index (χ0) is 23.5. The van der Waals surface area contributed by atoms with Gasteiger partial charge in [-0.15, -0.1) is 0 Å². The first-order valence-electron chi connectivity index (χ1n) is 12.4. The molecule has 0 radical (unpaired) electrons. The van der Waals surface area contributed by atoms with E-state index in [0.717, 1.165) is 45.1 Å². The molecule has 184 valence electrons. The first kappa shape index (κ1) is 30.0. The van der Waals surface area contributed by atoms with Gasteiger partial charge in [-0.05, 0) is 78.3 Å².